The third-order valence-electron chi connectivity index (χ3n) is 6.58. The van der Waals surface area contributed by atoms with E-state index in [1.165, 1.54) is 11.1 Å². The molecule has 36 heavy (non-hydrogen) atoms. The molecule has 0 radical (unpaired) electrons. The van der Waals surface area contributed by atoms with Crippen molar-refractivity contribution < 1.29 is 4.79 Å². The molecule has 4 aromatic carbocycles. The van der Waals surface area contributed by atoms with Gasteiger partial charge in [-0.1, -0.05) is 60.7 Å². The quantitative estimate of drug-likeness (QED) is 0.303. The van der Waals surface area contributed by atoms with E-state index in [1.54, 1.807) is 0 Å². The molecule has 0 unspecified atom stereocenters. The summed E-state index contributed by atoms with van der Waals surface area (Å²) >= 11 is 0. The van der Waals surface area contributed by atoms with Crippen molar-refractivity contribution in [3.8, 4) is 11.1 Å². The van der Waals surface area contributed by atoms with Gasteiger partial charge in [0.15, 0.2) is 0 Å². The molecule has 0 aliphatic carbocycles. The zero-order valence-electron chi connectivity index (χ0n) is 20.6. The highest BCUT2D eigenvalue weighted by Gasteiger charge is 2.12. The van der Waals surface area contributed by atoms with E-state index in [1.807, 2.05) is 48.5 Å². The van der Waals surface area contributed by atoms with E-state index in [0.717, 1.165) is 60.9 Å². The van der Waals surface area contributed by atoms with Crippen molar-refractivity contribution >= 4 is 23.0 Å². The number of nitrogens with one attached hydrogen (secondary N) is 3. The van der Waals surface area contributed by atoms with Crippen LogP contribution >= 0.6 is 0 Å². The van der Waals surface area contributed by atoms with E-state index >= 15 is 0 Å². The van der Waals surface area contributed by atoms with Gasteiger partial charge in [-0.3, -0.25) is 9.69 Å². The van der Waals surface area contributed by atoms with Gasteiger partial charge in [-0.15, -0.1) is 0 Å². The van der Waals surface area contributed by atoms with Crippen molar-refractivity contribution in [3.05, 3.63) is 114 Å². The van der Waals surface area contributed by atoms with Crippen LogP contribution in [0.1, 0.15) is 21.5 Å². The molecule has 1 aliphatic rings. The Morgan fingerprint density at radius 3 is 2.33 bits per heavy atom. The molecule has 1 amide bonds. The Morgan fingerprint density at radius 1 is 0.806 bits per heavy atom. The molecule has 0 atom stereocenters. The molecule has 1 fully saturated rings. The third kappa shape index (κ3) is 6.00. The summed E-state index contributed by atoms with van der Waals surface area (Å²) in [7, 11) is 0. The second-order valence-electron chi connectivity index (χ2n) is 9.28. The maximum atomic E-state index is 12.9. The minimum Gasteiger partial charge on any atom is -0.355 e. The zero-order valence-corrected chi connectivity index (χ0v) is 20.6. The van der Waals surface area contributed by atoms with Crippen molar-refractivity contribution in [1.29, 1.82) is 0 Å². The largest absolute Gasteiger partial charge is 0.355 e. The number of carbonyl (C=O) groups excluding carboxylic acids is 1. The highest BCUT2D eigenvalue weighted by atomic mass is 16.1. The smallest absolute Gasteiger partial charge is 0.255 e. The van der Waals surface area contributed by atoms with Crippen LogP contribution in [0.4, 0.5) is 17.1 Å². The topological polar surface area (TPSA) is 56.4 Å². The maximum absolute atomic E-state index is 12.9. The van der Waals surface area contributed by atoms with Crippen molar-refractivity contribution in [2.75, 3.05) is 36.8 Å². The minimum absolute atomic E-state index is 0.107. The lowest BCUT2D eigenvalue weighted by Crippen LogP contribution is -2.42. The average Bonchev–Trinajstić information content (AvgIpc) is 2.92. The Morgan fingerprint density at radius 2 is 1.56 bits per heavy atom. The first-order valence-electron chi connectivity index (χ1n) is 12.5. The standard InChI is InChI=1S/C31H32N4O/c1-23-10-15-29(21-30(23)33-28-9-5-8-27(20-28)25-6-3-2-4-7-25)34-31(36)26-13-11-24(12-14-26)22-35-18-16-32-17-19-35/h2-15,20-21,32-33H,16-19,22H2,1H3,(H,34,36). The average molecular weight is 477 g/mol. The Kier molecular flexibility index (Phi) is 7.41. The normalized spacial score (nSPS) is 13.8. The summed E-state index contributed by atoms with van der Waals surface area (Å²) in [5.74, 6) is -0.107. The number of benzene rings is 4. The number of nitrogens with zero attached hydrogens (tertiary/aromatic N) is 1. The lowest BCUT2D eigenvalue weighted by Gasteiger charge is -2.27. The van der Waals surface area contributed by atoms with Crippen LogP contribution in [0.25, 0.3) is 11.1 Å². The van der Waals surface area contributed by atoms with Crippen molar-refractivity contribution in [2.24, 2.45) is 0 Å². The minimum atomic E-state index is -0.107. The fourth-order valence-electron chi connectivity index (χ4n) is 4.49. The van der Waals surface area contributed by atoms with Gasteiger partial charge in [0.05, 0.1) is 0 Å². The Balaban J connectivity index is 1.25. The first-order valence-corrected chi connectivity index (χ1v) is 12.5. The fraction of sp³-hybridized carbons (Fsp3) is 0.194. The second-order valence-corrected chi connectivity index (χ2v) is 9.28. The van der Waals surface area contributed by atoms with Crippen LogP contribution in [0.15, 0.2) is 97.1 Å². The monoisotopic (exact) mass is 476 g/mol. The molecule has 5 rings (SSSR count). The number of anilines is 3. The second kappa shape index (κ2) is 11.2. The van der Waals surface area contributed by atoms with Crippen LogP contribution in [0, 0.1) is 6.92 Å². The summed E-state index contributed by atoms with van der Waals surface area (Å²) in [6.07, 6.45) is 0. The van der Waals surface area contributed by atoms with Gasteiger partial charge >= 0.3 is 0 Å². The first-order chi connectivity index (χ1) is 17.6. The lowest BCUT2D eigenvalue weighted by atomic mass is 10.0. The van der Waals surface area contributed by atoms with E-state index in [4.69, 9.17) is 0 Å². The van der Waals surface area contributed by atoms with Crippen LogP contribution in [-0.2, 0) is 6.54 Å². The van der Waals surface area contributed by atoms with Crippen molar-refractivity contribution in [1.82, 2.24) is 10.2 Å². The van der Waals surface area contributed by atoms with E-state index in [2.05, 4.69) is 76.3 Å². The molecule has 5 nitrogen and oxygen atoms in total. The van der Waals surface area contributed by atoms with Gasteiger partial charge in [-0.05, 0) is 65.6 Å². The van der Waals surface area contributed by atoms with Crippen LogP contribution < -0.4 is 16.0 Å². The molecular weight excluding hydrogens is 444 g/mol. The third-order valence-corrected chi connectivity index (χ3v) is 6.58. The number of carbonyl (C=O) groups is 1. The summed E-state index contributed by atoms with van der Waals surface area (Å²) in [5.41, 5.74) is 8.05. The fourth-order valence-corrected chi connectivity index (χ4v) is 4.49. The van der Waals surface area contributed by atoms with Gasteiger partial charge in [0.1, 0.15) is 0 Å². The number of hydrogen-bond donors (Lipinski definition) is 3. The van der Waals surface area contributed by atoms with Crippen LogP contribution in [0.2, 0.25) is 0 Å². The predicted octanol–water partition coefficient (Wildman–Crippen LogP) is 6.06. The van der Waals surface area contributed by atoms with E-state index in [9.17, 15) is 4.79 Å². The molecule has 3 N–H and O–H groups in total. The Bertz CT molecular complexity index is 1310. The number of piperazine rings is 1. The predicted molar refractivity (Wildman–Crippen MR) is 149 cm³/mol. The molecular formula is C31H32N4O. The van der Waals surface area contributed by atoms with E-state index < -0.39 is 0 Å². The molecule has 0 spiro atoms. The van der Waals surface area contributed by atoms with Crippen molar-refractivity contribution in [3.63, 3.8) is 0 Å². The molecule has 1 aliphatic heterocycles. The van der Waals surface area contributed by atoms with Gasteiger partial charge in [-0.2, -0.15) is 0 Å². The molecule has 1 saturated heterocycles. The molecule has 0 saturated carbocycles. The summed E-state index contributed by atoms with van der Waals surface area (Å²) in [6, 6.07) is 32.6. The lowest BCUT2D eigenvalue weighted by molar-refractivity contribution is 0.102. The number of amides is 1. The van der Waals surface area contributed by atoms with Crippen molar-refractivity contribution in [2.45, 2.75) is 13.5 Å². The van der Waals surface area contributed by atoms with Gasteiger partial charge in [0, 0.05) is 55.3 Å². The molecule has 1 heterocycles. The van der Waals surface area contributed by atoms with E-state index in [-0.39, 0.29) is 5.91 Å². The van der Waals surface area contributed by atoms with Gasteiger partial charge in [-0.25, -0.2) is 0 Å². The summed E-state index contributed by atoms with van der Waals surface area (Å²) in [4.78, 5) is 15.4. The number of rotatable bonds is 7. The molecule has 4 aromatic rings. The Labute approximate surface area is 213 Å². The van der Waals surface area contributed by atoms with Gasteiger partial charge in [0.2, 0.25) is 0 Å². The number of hydrogen-bond acceptors (Lipinski definition) is 4. The van der Waals surface area contributed by atoms with Gasteiger partial charge < -0.3 is 16.0 Å². The van der Waals surface area contributed by atoms with E-state index in [0.29, 0.717) is 5.56 Å². The van der Waals surface area contributed by atoms with Crippen LogP contribution in [0.5, 0.6) is 0 Å². The van der Waals surface area contributed by atoms with Gasteiger partial charge in [0.25, 0.3) is 5.91 Å². The summed E-state index contributed by atoms with van der Waals surface area (Å²) in [6.45, 7) is 7.16. The maximum Gasteiger partial charge on any atom is 0.255 e. The zero-order chi connectivity index (χ0) is 24.7. The summed E-state index contributed by atoms with van der Waals surface area (Å²) < 4.78 is 0. The molecule has 0 aromatic heterocycles. The molecule has 182 valence electrons. The molecule has 5 heteroatoms. The first kappa shape index (κ1) is 23.8. The van der Waals surface area contributed by atoms with Crippen LogP contribution in [-0.4, -0.2) is 37.0 Å². The summed E-state index contributed by atoms with van der Waals surface area (Å²) in [5, 5.41) is 9.95. The highest BCUT2D eigenvalue weighted by molar-refractivity contribution is 6.04. The SMILES string of the molecule is Cc1ccc(NC(=O)c2ccc(CN3CCNCC3)cc2)cc1Nc1cccc(-c2ccccc2)c1. The highest BCUT2D eigenvalue weighted by Crippen LogP contribution is 2.28. The number of aryl methyl sites for hydroxylation is 1. The van der Waals surface area contributed by atoms with Crippen LogP contribution in [0.3, 0.4) is 0 Å². The Hall–Kier alpha value is -3.93. The molecule has 0 bridgehead atoms.